The van der Waals surface area contributed by atoms with Crippen LogP contribution in [-0.2, 0) is 0 Å². The van der Waals surface area contributed by atoms with E-state index in [1.165, 1.54) is 61.4 Å². The van der Waals surface area contributed by atoms with Crippen LogP contribution in [0.5, 0.6) is 0 Å². The van der Waals surface area contributed by atoms with Gasteiger partial charge in [0.05, 0.1) is 0 Å². The first-order valence-electron chi connectivity index (χ1n) is 8.74. The largest absolute Gasteiger partial charge is 0.311 e. The van der Waals surface area contributed by atoms with Crippen LogP contribution in [0.2, 0.25) is 0 Å². The van der Waals surface area contributed by atoms with Crippen molar-refractivity contribution in [3.8, 4) is 0 Å². The minimum Gasteiger partial charge on any atom is -0.311 e. The maximum atomic E-state index is 3.92. The van der Waals surface area contributed by atoms with E-state index < -0.39 is 0 Å². The fraction of sp³-hybridized carbons (Fsp3) is 0.684. The summed E-state index contributed by atoms with van der Waals surface area (Å²) in [6.07, 6.45) is 11.3. The van der Waals surface area contributed by atoms with Crippen molar-refractivity contribution in [2.75, 3.05) is 0 Å². The molecule has 0 aromatic heterocycles. The van der Waals surface area contributed by atoms with Gasteiger partial charge in [0.1, 0.15) is 0 Å². The van der Waals surface area contributed by atoms with Gasteiger partial charge >= 0.3 is 0 Å². The van der Waals surface area contributed by atoms with Gasteiger partial charge in [0.2, 0.25) is 0 Å². The maximum absolute atomic E-state index is 3.92. The molecule has 2 heteroatoms. The Kier molecular flexibility index (Phi) is 5.39. The Morgan fingerprint density at radius 2 is 1.62 bits per heavy atom. The van der Waals surface area contributed by atoms with Crippen molar-refractivity contribution in [1.29, 1.82) is 0 Å². The van der Waals surface area contributed by atoms with Crippen molar-refractivity contribution in [3.05, 3.63) is 34.3 Å². The van der Waals surface area contributed by atoms with Crippen LogP contribution in [0, 0.1) is 5.92 Å². The predicted octanol–water partition coefficient (Wildman–Crippen LogP) is 5.64. The summed E-state index contributed by atoms with van der Waals surface area (Å²) in [6, 6.07) is 10.4. The second-order valence-electron chi connectivity index (χ2n) is 7.12. The lowest BCUT2D eigenvalue weighted by Gasteiger charge is -2.40. The summed E-state index contributed by atoms with van der Waals surface area (Å²) in [4.78, 5) is 0. The molecule has 0 heterocycles. The van der Waals surface area contributed by atoms with Crippen molar-refractivity contribution in [1.82, 2.24) is 5.32 Å². The fourth-order valence-electron chi connectivity index (χ4n) is 4.08. The van der Waals surface area contributed by atoms with Crippen molar-refractivity contribution in [2.45, 2.75) is 76.3 Å². The zero-order chi connectivity index (χ0) is 14.7. The average Bonchev–Trinajstić information content (AvgIpc) is 2.72. The average molecular weight is 350 g/mol. The highest BCUT2D eigenvalue weighted by Crippen LogP contribution is 2.38. The molecule has 0 amide bonds. The number of rotatable bonds is 4. The van der Waals surface area contributed by atoms with Gasteiger partial charge in [-0.2, -0.15) is 0 Å². The molecule has 1 aromatic rings. The molecule has 1 nitrogen and oxygen atoms in total. The number of benzene rings is 1. The van der Waals surface area contributed by atoms with Crippen LogP contribution in [0.25, 0.3) is 0 Å². The SMILES string of the molecule is C[C@H](NC1CC(c2ccc(Br)cc2)C1)C1CCCCCC1. The molecule has 0 saturated heterocycles. The summed E-state index contributed by atoms with van der Waals surface area (Å²) in [5.41, 5.74) is 1.51. The second-order valence-corrected chi connectivity index (χ2v) is 8.04. The summed E-state index contributed by atoms with van der Waals surface area (Å²) >= 11 is 3.52. The lowest BCUT2D eigenvalue weighted by molar-refractivity contribution is 0.228. The van der Waals surface area contributed by atoms with Crippen LogP contribution < -0.4 is 5.32 Å². The maximum Gasteiger partial charge on any atom is 0.0175 e. The highest BCUT2D eigenvalue weighted by molar-refractivity contribution is 9.10. The summed E-state index contributed by atoms with van der Waals surface area (Å²) in [5.74, 6) is 1.69. The van der Waals surface area contributed by atoms with Crippen molar-refractivity contribution in [3.63, 3.8) is 0 Å². The molecule has 2 aliphatic carbocycles. The molecule has 0 unspecified atom stereocenters. The Morgan fingerprint density at radius 3 is 2.24 bits per heavy atom. The van der Waals surface area contributed by atoms with E-state index in [1.54, 1.807) is 0 Å². The Morgan fingerprint density at radius 1 is 1.00 bits per heavy atom. The van der Waals surface area contributed by atoms with Crippen LogP contribution in [0.4, 0.5) is 0 Å². The fourth-order valence-corrected chi connectivity index (χ4v) is 4.34. The highest BCUT2D eigenvalue weighted by atomic mass is 79.9. The Balaban J connectivity index is 1.44. The Bertz CT molecular complexity index is 427. The van der Waals surface area contributed by atoms with E-state index in [0.29, 0.717) is 6.04 Å². The molecular weight excluding hydrogens is 322 g/mol. The molecule has 0 aliphatic heterocycles. The first-order valence-corrected chi connectivity index (χ1v) is 9.53. The minimum absolute atomic E-state index is 0.707. The first-order chi connectivity index (χ1) is 10.2. The minimum atomic E-state index is 0.707. The number of hydrogen-bond donors (Lipinski definition) is 1. The molecule has 1 aromatic carbocycles. The van der Waals surface area contributed by atoms with Crippen molar-refractivity contribution >= 4 is 15.9 Å². The normalized spacial score (nSPS) is 28.7. The molecule has 2 fully saturated rings. The van der Waals surface area contributed by atoms with Crippen LogP contribution >= 0.6 is 15.9 Å². The highest BCUT2D eigenvalue weighted by Gasteiger charge is 2.32. The number of hydrogen-bond acceptors (Lipinski definition) is 1. The van der Waals surface area contributed by atoms with Crippen LogP contribution in [-0.4, -0.2) is 12.1 Å². The monoisotopic (exact) mass is 349 g/mol. The third-order valence-electron chi connectivity index (χ3n) is 5.59. The van der Waals surface area contributed by atoms with E-state index in [0.717, 1.165) is 17.9 Å². The number of nitrogens with one attached hydrogen (secondary N) is 1. The molecule has 116 valence electrons. The van der Waals surface area contributed by atoms with E-state index >= 15 is 0 Å². The van der Waals surface area contributed by atoms with Gasteiger partial charge < -0.3 is 5.32 Å². The topological polar surface area (TPSA) is 12.0 Å². The molecule has 0 spiro atoms. The van der Waals surface area contributed by atoms with E-state index in [-0.39, 0.29) is 0 Å². The molecule has 1 atom stereocenters. The lowest BCUT2D eigenvalue weighted by atomic mass is 9.75. The van der Waals surface area contributed by atoms with Gasteiger partial charge in [-0.05, 0) is 62.1 Å². The molecule has 2 aliphatic rings. The zero-order valence-corrected chi connectivity index (χ0v) is 14.7. The van der Waals surface area contributed by atoms with Gasteiger partial charge in [-0.15, -0.1) is 0 Å². The lowest BCUT2D eigenvalue weighted by Crippen LogP contribution is -2.47. The van der Waals surface area contributed by atoms with Gasteiger partial charge in [-0.1, -0.05) is 53.7 Å². The molecule has 0 radical (unpaired) electrons. The van der Waals surface area contributed by atoms with Gasteiger partial charge in [0.15, 0.2) is 0 Å². The van der Waals surface area contributed by atoms with E-state index in [9.17, 15) is 0 Å². The smallest absolute Gasteiger partial charge is 0.0175 e. The third kappa shape index (κ3) is 4.10. The van der Waals surface area contributed by atoms with Crippen LogP contribution in [0.15, 0.2) is 28.7 Å². The summed E-state index contributed by atoms with van der Waals surface area (Å²) < 4.78 is 1.18. The van der Waals surface area contributed by atoms with Crippen LogP contribution in [0.3, 0.4) is 0 Å². The molecular formula is C19H28BrN. The van der Waals surface area contributed by atoms with E-state index in [4.69, 9.17) is 0 Å². The third-order valence-corrected chi connectivity index (χ3v) is 6.11. The molecule has 3 rings (SSSR count). The Labute approximate surface area is 138 Å². The van der Waals surface area contributed by atoms with Gasteiger partial charge in [0.25, 0.3) is 0 Å². The predicted molar refractivity (Wildman–Crippen MR) is 93.7 cm³/mol. The summed E-state index contributed by atoms with van der Waals surface area (Å²) in [5, 5.41) is 3.92. The molecule has 0 bridgehead atoms. The van der Waals surface area contributed by atoms with Crippen molar-refractivity contribution in [2.24, 2.45) is 5.92 Å². The van der Waals surface area contributed by atoms with Gasteiger partial charge in [0, 0.05) is 16.6 Å². The van der Waals surface area contributed by atoms with Crippen molar-refractivity contribution < 1.29 is 0 Å². The van der Waals surface area contributed by atoms with E-state index in [2.05, 4.69) is 52.4 Å². The molecule has 2 saturated carbocycles. The second kappa shape index (κ2) is 7.28. The van der Waals surface area contributed by atoms with Crippen LogP contribution in [0.1, 0.15) is 69.8 Å². The Hall–Kier alpha value is -0.340. The summed E-state index contributed by atoms with van der Waals surface area (Å²) in [7, 11) is 0. The molecule has 21 heavy (non-hydrogen) atoms. The number of halogens is 1. The molecule has 1 N–H and O–H groups in total. The first kappa shape index (κ1) is 15.6. The van der Waals surface area contributed by atoms with Gasteiger partial charge in [-0.3, -0.25) is 0 Å². The quantitative estimate of drug-likeness (QED) is 0.693. The standard InChI is InChI=1S/C19H28BrN/c1-14(15-6-4-2-3-5-7-15)21-19-12-17(13-19)16-8-10-18(20)11-9-16/h8-11,14-15,17,19,21H,2-7,12-13H2,1H3/t14-,17?,19?/m0/s1. The van der Waals surface area contributed by atoms with E-state index in [1.807, 2.05) is 0 Å². The summed E-state index contributed by atoms with van der Waals surface area (Å²) in [6.45, 7) is 2.42. The zero-order valence-electron chi connectivity index (χ0n) is 13.2. The van der Waals surface area contributed by atoms with Gasteiger partial charge in [-0.25, -0.2) is 0 Å².